The van der Waals surface area contributed by atoms with E-state index in [2.05, 4.69) is 18.1 Å². The molecule has 6 heteroatoms. The molecule has 2 heterocycles. The number of hydrogen-bond acceptors (Lipinski definition) is 5. The molecule has 3 N–H and O–H groups in total. The Morgan fingerprint density at radius 1 is 1.53 bits per heavy atom. The summed E-state index contributed by atoms with van der Waals surface area (Å²) in [6.45, 7) is 9.98. The number of nitrogens with two attached hydrogens (primary N) is 1. The summed E-state index contributed by atoms with van der Waals surface area (Å²) < 4.78 is 6.84. The average molecular weight is 269 g/mol. The number of rotatable bonds is 2. The van der Waals surface area contributed by atoms with Crippen LogP contribution in [0.3, 0.4) is 0 Å². The van der Waals surface area contributed by atoms with E-state index >= 15 is 0 Å². The van der Waals surface area contributed by atoms with E-state index in [-0.39, 0.29) is 24.8 Å². The molecule has 1 fully saturated rings. The largest absolute Gasteiger partial charge is 0.394 e. The number of nitrogen functional groups attached to an aromatic ring is 1. The highest BCUT2D eigenvalue weighted by atomic mass is 16.5. The summed E-state index contributed by atoms with van der Waals surface area (Å²) in [6.07, 6.45) is 2.51. The molecule has 1 aliphatic rings. The highest BCUT2D eigenvalue weighted by molar-refractivity contribution is 5.23. The molecular formula is C13H23N3O3. The Balaban J connectivity index is 0.000000741. The van der Waals surface area contributed by atoms with Gasteiger partial charge < -0.3 is 15.6 Å². The van der Waals surface area contributed by atoms with Crippen LogP contribution in [-0.2, 0) is 4.74 Å². The molecule has 2 atom stereocenters. The number of hydrogen-bond donors (Lipinski definition) is 2. The zero-order chi connectivity index (χ0) is 14.8. The predicted octanol–water partition coefficient (Wildman–Crippen LogP) is 1.32. The first-order chi connectivity index (χ1) is 9.20. The van der Waals surface area contributed by atoms with Gasteiger partial charge in [0.1, 0.15) is 12.0 Å². The van der Waals surface area contributed by atoms with Gasteiger partial charge >= 0.3 is 5.69 Å². The van der Waals surface area contributed by atoms with Crippen molar-refractivity contribution in [2.75, 3.05) is 12.3 Å². The zero-order valence-electron chi connectivity index (χ0n) is 11.6. The van der Waals surface area contributed by atoms with Crippen LogP contribution in [0.2, 0.25) is 0 Å². The third-order valence-electron chi connectivity index (χ3n) is 2.45. The molecule has 0 radical (unpaired) electrons. The molecule has 0 spiro atoms. The highest BCUT2D eigenvalue weighted by Crippen LogP contribution is 2.26. The molecule has 19 heavy (non-hydrogen) atoms. The quantitative estimate of drug-likeness (QED) is 0.790. The predicted molar refractivity (Wildman–Crippen MR) is 75.7 cm³/mol. The number of aliphatic hydroxyl groups is 1. The molecule has 6 nitrogen and oxygen atoms in total. The van der Waals surface area contributed by atoms with E-state index in [9.17, 15) is 4.79 Å². The lowest BCUT2D eigenvalue weighted by atomic mass is 10.2. The molecule has 1 aromatic heterocycles. The number of nitrogens with zero attached hydrogens (tertiary/aromatic N) is 2. The van der Waals surface area contributed by atoms with Crippen LogP contribution in [-0.4, -0.2) is 27.4 Å². The fraction of sp³-hybridized carbons (Fsp3) is 0.538. The first-order valence-electron chi connectivity index (χ1n) is 6.31. The lowest BCUT2D eigenvalue weighted by molar-refractivity contribution is -0.0245. The Hall–Kier alpha value is -1.66. The normalized spacial score (nSPS) is 20.8. The van der Waals surface area contributed by atoms with Crippen molar-refractivity contribution in [2.45, 2.75) is 39.0 Å². The van der Waals surface area contributed by atoms with E-state index in [1.54, 1.807) is 12.3 Å². The minimum Gasteiger partial charge on any atom is -0.394 e. The van der Waals surface area contributed by atoms with Crippen molar-refractivity contribution < 1.29 is 9.84 Å². The van der Waals surface area contributed by atoms with Gasteiger partial charge in [-0.1, -0.05) is 13.8 Å². The maximum absolute atomic E-state index is 11.5. The monoisotopic (exact) mass is 269 g/mol. The van der Waals surface area contributed by atoms with Gasteiger partial charge in [0.15, 0.2) is 0 Å². The van der Waals surface area contributed by atoms with E-state index in [0.29, 0.717) is 6.42 Å². The molecule has 0 saturated carbocycles. The molecule has 0 amide bonds. The van der Waals surface area contributed by atoms with Crippen LogP contribution in [0, 0.1) is 0 Å². The zero-order valence-corrected chi connectivity index (χ0v) is 11.6. The second-order valence-electron chi connectivity index (χ2n) is 3.51. The minimum absolute atomic E-state index is 0.0202. The standard InChI is InChI=1S/C9H13N3O3.C2H6.C2H4/c10-7-3-4-12(9(14)11-7)8-2-1-6(5-13)15-8;2*1-2/h3-4,6,8,13H,1-2,5H2,(H2,10,11,14);1-2H3;1-2H2. The fourth-order valence-corrected chi connectivity index (χ4v) is 1.67. The third kappa shape index (κ3) is 4.84. The Labute approximate surface area is 113 Å². The SMILES string of the molecule is C=C.CC.Nc1ccn(C2CCC(CO)O2)c(=O)n1. The van der Waals surface area contributed by atoms with Crippen molar-refractivity contribution in [3.05, 3.63) is 35.9 Å². The average Bonchev–Trinajstić information content (AvgIpc) is 2.92. The number of ether oxygens (including phenoxy) is 1. The van der Waals surface area contributed by atoms with Crippen LogP contribution < -0.4 is 11.4 Å². The molecule has 1 aromatic rings. The van der Waals surface area contributed by atoms with E-state index in [1.807, 2.05) is 13.8 Å². The van der Waals surface area contributed by atoms with Crippen molar-refractivity contribution in [1.29, 1.82) is 0 Å². The highest BCUT2D eigenvalue weighted by Gasteiger charge is 2.26. The van der Waals surface area contributed by atoms with Gasteiger partial charge in [0, 0.05) is 6.20 Å². The number of aromatic nitrogens is 2. The first-order valence-corrected chi connectivity index (χ1v) is 6.31. The van der Waals surface area contributed by atoms with Gasteiger partial charge in [0.2, 0.25) is 0 Å². The molecule has 0 bridgehead atoms. The van der Waals surface area contributed by atoms with Crippen molar-refractivity contribution >= 4 is 5.82 Å². The topological polar surface area (TPSA) is 90.4 Å². The van der Waals surface area contributed by atoms with E-state index in [4.69, 9.17) is 15.6 Å². The third-order valence-corrected chi connectivity index (χ3v) is 2.45. The molecule has 2 unspecified atom stereocenters. The van der Waals surface area contributed by atoms with Gasteiger partial charge in [-0.2, -0.15) is 4.98 Å². The Morgan fingerprint density at radius 2 is 2.16 bits per heavy atom. The van der Waals surface area contributed by atoms with E-state index in [1.165, 1.54) is 4.57 Å². The summed E-state index contributed by atoms with van der Waals surface area (Å²) >= 11 is 0. The molecule has 0 aromatic carbocycles. The summed E-state index contributed by atoms with van der Waals surface area (Å²) in [6, 6.07) is 1.55. The van der Waals surface area contributed by atoms with Crippen molar-refractivity contribution in [1.82, 2.24) is 9.55 Å². The van der Waals surface area contributed by atoms with E-state index < -0.39 is 5.69 Å². The molecule has 0 aliphatic carbocycles. The first kappa shape index (κ1) is 17.3. The lowest BCUT2D eigenvalue weighted by Gasteiger charge is -2.14. The Kier molecular flexibility index (Phi) is 8.48. The molecule has 1 aliphatic heterocycles. The molecule has 108 valence electrons. The molecule has 2 rings (SSSR count). The van der Waals surface area contributed by atoms with E-state index in [0.717, 1.165) is 6.42 Å². The van der Waals surface area contributed by atoms with Crippen LogP contribution in [0.4, 0.5) is 5.82 Å². The lowest BCUT2D eigenvalue weighted by Crippen LogP contribution is -2.27. The summed E-state index contributed by atoms with van der Waals surface area (Å²) in [4.78, 5) is 15.1. The van der Waals surface area contributed by atoms with Gasteiger partial charge in [-0.3, -0.25) is 4.57 Å². The van der Waals surface area contributed by atoms with Crippen molar-refractivity contribution in [3.63, 3.8) is 0 Å². The van der Waals surface area contributed by atoms with Gasteiger partial charge in [-0.05, 0) is 18.9 Å². The van der Waals surface area contributed by atoms with Gasteiger partial charge in [0.05, 0.1) is 12.7 Å². The minimum atomic E-state index is -0.418. The van der Waals surface area contributed by atoms with Crippen LogP contribution in [0.25, 0.3) is 0 Å². The second-order valence-corrected chi connectivity index (χ2v) is 3.51. The number of aliphatic hydroxyl groups excluding tert-OH is 1. The molecular weight excluding hydrogens is 246 g/mol. The Morgan fingerprint density at radius 3 is 2.63 bits per heavy atom. The smallest absolute Gasteiger partial charge is 0.351 e. The second kappa shape index (κ2) is 9.29. The van der Waals surface area contributed by atoms with Crippen LogP contribution in [0.5, 0.6) is 0 Å². The van der Waals surface area contributed by atoms with Gasteiger partial charge in [-0.25, -0.2) is 4.79 Å². The van der Waals surface area contributed by atoms with Crippen LogP contribution in [0.15, 0.2) is 30.2 Å². The summed E-state index contributed by atoms with van der Waals surface area (Å²) in [5.74, 6) is 0.202. The van der Waals surface area contributed by atoms with Gasteiger partial charge in [-0.15, -0.1) is 13.2 Å². The van der Waals surface area contributed by atoms with Crippen molar-refractivity contribution in [3.8, 4) is 0 Å². The van der Waals surface area contributed by atoms with Crippen molar-refractivity contribution in [2.24, 2.45) is 0 Å². The number of anilines is 1. The van der Waals surface area contributed by atoms with Crippen LogP contribution >= 0.6 is 0 Å². The maximum atomic E-state index is 11.5. The summed E-state index contributed by atoms with van der Waals surface area (Å²) in [5, 5.41) is 8.90. The maximum Gasteiger partial charge on any atom is 0.351 e. The van der Waals surface area contributed by atoms with Gasteiger partial charge in [0.25, 0.3) is 0 Å². The summed E-state index contributed by atoms with van der Waals surface area (Å²) in [7, 11) is 0. The fourth-order valence-electron chi connectivity index (χ4n) is 1.67. The molecule has 1 saturated heterocycles. The van der Waals surface area contributed by atoms with Crippen LogP contribution in [0.1, 0.15) is 32.9 Å². The Bertz CT molecular complexity index is 420. The summed E-state index contributed by atoms with van der Waals surface area (Å²) in [5.41, 5.74) is 4.96.